The van der Waals surface area contributed by atoms with Crippen molar-refractivity contribution < 1.29 is 0 Å². The van der Waals surface area contributed by atoms with Crippen LogP contribution >= 0.6 is 11.5 Å². The number of aryl methyl sites for hydroxylation is 1. The van der Waals surface area contributed by atoms with Crippen LogP contribution in [-0.4, -0.2) is 9.36 Å². The van der Waals surface area contributed by atoms with E-state index in [-0.39, 0.29) is 5.41 Å². The Bertz CT molecular complexity index is 335. The van der Waals surface area contributed by atoms with Crippen LogP contribution in [0.4, 0.5) is 0 Å². The molecule has 1 atom stereocenters. The molecule has 0 saturated heterocycles. The normalized spacial score (nSPS) is 14.7. The molecule has 0 aliphatic carbocycles. The molecule has 0 saturated carbocycles. The van der Waals surface area contributed by atoms with Crippen LogP contribution < -0.4 is 0 Å². The third-order valence-corrected chi connectivity index (χ3v) is 4.35. The highest BCUT2D eigenvalue weighted by molar-refractivity contribution is 7.05. The van der Waals surface area contributed by atoms with Crippen molar-refractivity contribution in [2.24, 2.45) is 0 Å². The van der Waals surface area contributed by atoms with Crippen molar-refractivity contribution in [2.45, 2.75) is 84.5 Å². The van der Waals surface area contributed by atoms with Crippen molar-refractivity contribution in [2.75, 3.05) is 0 Å². The summed E-state index contributed by atoms with van der Waals surface area (Å²) in [5.41, 5.74) is 0.203. The summed E-state index contributed by atoms with van der Waals surface area (Å²) in [4.78, 5) is 4.64. The third kappa shape index (κ3) is 4.68. The fourth-order valence-electron chi connectivity index (χ4n) is 2.40. The topological polar surface area (TPSA) is 25.8 Å². The molecule has 0 spiro atoms. The fraction of sp³-hybridized carbons (Fsp3) is 0.867. The molecule has 1 unspecified atom stereocenters. The summed E-state index contributed by atoms with van der Waals surface area (Å²) in [5, 5.41) is 1.10. The summed E-state index contributed by atoms with van der Waals surface area (Å²) in [6, 6.07) is 0. The standard InChI is InChI=1S/C15H28N2S/c1-5-7-9-10-12-15(4,11-8-6-2)14-16-13(3)18-17-14/h5-12H2,1-4H3. The quantitative estimate of drug-likeness (QED) is 0.570. The molecule has 0 amide bonds. The van der Waals surface area contributed by atoms with E-state index in [0.717, 1.165) is 10.8 Å². The molecule has 1 aromatic rings. The van der Waals surface area contributed by atoms with Crippen molar-refractivity contribution in [3.05, 3.63) is 10.8 Å². The maximum Gasteiger partial charge on any atom is 0.148 e. The lowest BCUT2D eigenvalue weighted by Gasteiger charge is -2.26. The van der Waals surface area contributed by atoms with Crippen LogP contribution in [0.25, 0.3) is 0 Å². The molecule has 1 aromatic heterocycles. The Morgan fingerprint density at radius 2 is 1.67 bits per heavy atom. The van der Waals surface area contributed by atoms with Crippen molar-refractivity contribution >= 4 is 11.5 Å². The lowest BCUT2D eigenvalue weighted by molar-refractivity contribution is 0.353. The van der Waals surface area contributed by atoms with Crippen molar-refractivity contribution in [3.63, 3.8) is 0 Å². The predicted octanol–water partition coefficient (Wildman–Crippen LogP) is 5.26. The molecular formula is C15H28N2S. The Balaban J connectivity index is 2.62. The van der Waals surface area contributed by atoms with Gasteiger partial charge in [-0.2, -0.15) is 4.37 Å². The monoisotopic (exact) mass is 268 g/mol. The average molecular weight is 268 g/mol. The van der Waals surface area contributed by atoms with Crippen LogP contribution in [0.5, 0.6) is 0 Å². The van der Waals surface area contributed by atoms with E-state index in [0.29, 0.717) is 0 Å². The van der Waals surface area contributed by atoms with Crippen LogP contribution in [0.1, 0.15) is 83.0 Å². The number of rotatable bonds is 9. The van der Waals surface area contributed by atoms with Crippen LogP contribution in [-0.2, 0) is 5.41 Å². The van der Waals surface area contributed by atoms with Gasteiger partial charge in [0.15, 0.2) is 0 Å². The van der Waals surface area contributed by atoms with E-state index in [9.17, 15) is 0 Å². The molecule has 0 fully saturated rings. The van der Waals surface area contributed by atoms with Gasteiger partial charge in [-0.05, 0) is 31.3 Å². The van der Waals surface area contributed by atoms with E-state index in [1.54, 1.807) is 11.5 Å². The second-order valence-electron chi connectivity index (χ2n) is 5.61. The molecule has 2 nitrogen and oxygen atoms in total. The van der Waals surface area contributed by atoms with Gasteiger partial charge in [0.1, 0.15) is 10.8 Å². The van der Waals surface area contributed by atoms with Crippen LogP contribution in [0.2, 0.25) is 0 Å². The zero-order valence-corrected chi connectivity index (χ0v) is 13.3. The number of unbranched alkanes of at least 4 members (excludes halogenated alkanes) is 4. The highest BCUT2D eigenvalue weighted by atomic mass is 32.1. The first-order chi connectivity index (χ1) is 8.62. The maximum absolute atomic E-state index is 4.64. The Morgan fingerprint density at radius 3 is 2.22 bits per heavy atom. The highest BCUT2D eigenvalue weighted by Gasteiger charge is 2.29. The highest BCUT2D eigenvalue weighted by Crippen LogP contribution is 2.33. The van der Waals surface area contributed by atoms with Gasteiger partial charge in [-0.1, -0.05) is 59.3 Å². The van der Waals surface area contributed by atoms with Gasteiger partial charge in [0.25, 0.3) is 0 Å². The van der Waals surface area contributed by atoms with Crippen molar-refractivity contribution in [1.82, 2.24) is 9.36 Å². The molecule has 0 N–H and O–H groups in total. The van der Waals surface area contributed by atoms with E-state index in [2.05, 4.69) is 37.1 Å². The lowest BCUT2D eigenvalue weighted by atomic mass is 9.79. The first kappa shape index (κ1) is 15.6. The smallest absolute Gasteiger partial charge is 0.148 e. The van der Waals surface area contributed by atoms with Gasteiger partial charge in [-0.25, -0.2) is 4.98 Å². The van der Waals surface area contributed by atoms with Gasteiger partial charge in [0.05, 0.1) is 0 Å². The zero-order valence-electron chi connectivity index (χ0n) is 12.5. The summed E-state index contributed by atoms with van der Waals surface area (Å²) in [5.74, 6) is 1.09. The Kier molecular flexibility index (Phi) is 6.83. The second-order valence-corrected chi connectivity index (χ2v) is 6.57. The van der Waals surface area contributed by atoms with Gasteiger partial charge < -0.3 is 0 Å². The molecule has 104 valence electrons. The summed E-state index contributed by atoms with van der Waals surface area (Å²) in [6.45, 7) is 8.94. The molecule has 0 radical (unpaired) electrons. The average Bonchev–Trinajstić information content (AvgIpc) is 2.80. The summed E-state index contributed by atoms with van der Waals surface area (Å²) in [7, 11) is 0. The van der Waals surface area contributed by atoms with Crippen molar-refractivity contribution in [1.29, 1.82) is 0 Å². The summed E-state index contributed by atoms with van der Waals surface area (Å²) in [6.07, 6.45) is 10.3. The lowest BCUT2D eigenvalue weighted by Crippen LogP contribution is -2.23. The minimum atomic E-state index is 0.203. The first-order valence-electron chi connectivity index (χ1n) is 7.43. The Morgan fingerprint density at radius 1 is 1.00 bits per heavy atom. The molecule has 0 aliphatic heterocycles. The van der Waals surface area contributed by atoms with Gasteiger partial charge in [-0.3, -0.25) is 0 Å². The first-order valence-corrected chi connectivity index (χ1v) is 8.20. The maximum atomic E-state index is 4.64. The molecule has 0 aliphatic rings. The molecule has 1 heterocycles. The molecule has 0 bridgehead atoms. The number of hydrogen-bond acceptors (Lipinski definition) is 3. The fourth-order valence-corrected chi connectivity index (χ4v) is 3.01. The van der Waals surface area contributed by atoms with E-state index in [1.165, 1.54) is 51.4 Å². The summed E-state index contributed by atoms with van der Waals surface area (Å²) < 4.78 is 4.57. The summed E-state index contributed by atoms with van der Waals surface area (Å²) >= 11 is 1.55. The molecule has 0 aromatic carbocycles. The minimum absolute atomic E-state index is 0.203. The van der Waals surface area contributed by atoms with E-state index < -0.39 is 0 Å². The minimum Gasteiger partial charge on any atom is -0.224 e. The number of hydrogen-bond donors (Lipinski definition) is 0. The van der Waals surface area contributed by atoms with Gasteiger partial charge in [-0.15, -0.1) is 0 Å². The largest absolute Gasteiger partial charge is 0.224 e. The van der Waals surface area contributed by atoms with Crippen LogP contribution in [0, 0.1) is 6.92 Å². The van der Waals surface area contributed by atoms with Crippen LogP contribution in [0.3, 0.4) is 0 Å². The van der Waals surface area contributed by atoms with E-state index in [4.69, 9.17) is 0 Å². The van der Waals surface area contributed by atoms with E-state index >= 15 is 0 Å². The molecular weight excluding hydrogens is 240 g/mol. The number of aromatic nitrogens is 2. The van der Waals surface area contributed by atoms with Gasteiger partial charge in [0, 0.05) is 5.41 Å². The second kappa shape index (κ2) is 7.88. The zero-order chi connectivity index (χ0) is 13.4. The predicted molar refractivity (Wildman–Crippen MR) is 80.3 cm³/mol. The third-order valence-electron chi connectivity index (χ3n) is 3.73. The van der Waals surface area contributed by atoms with Gasteiger partial charge >= 0.3 is 0 Å². The van der Waals surface area contributed by atoms with Gasteiger partial charge in [0.2, 0.25) is 0 Å². The molecule has 1 rings (SSSR count). The number of nitrogens with zero attached hydrogens (tertiary/aromatic N) is 2. The van der Waals surface area contributed by atoms with E-state index in [1.807, 2.05) is 0 Å². The van der Waals surface area contributed by atoms with Crippen molar-refractivity contribution in [3.8, 4) is 0 Å². The Labute approximate surface area is 116 Å². The Hall–Kier alpha value is -0.440. The molecule has 3 heteroatoms. The molecule has 18 heavy (non-hydrogen) atoms. The van der Waals surface area contributed by atoms with Crippen LogP contribution in [0.15, 0.2) is 0 Å². The SMILES string of the molecule is CCCCCCC(C)(CCCC)c1nsc(C)n1.